The van der Waals surface area contributed by atoms with E-state index in [1.165, 1.54) is 0 Å². The molecule has 0 aromatic carbocycles. The van der Waals surface area contributed by atoms with E-state index in [2.05, 4.69) is 34.6 Å². The minimum absolute atomic E-state index is 0.143. The van der Waals surface area contributed by atoms with E-state index in [9.17, 15) is 9.90 Å². The molecule has 24 heavy (non-hydrogen) atoms. The summed E-state index contributed by atoms with van der Waals surface area (Å²) in [5.41, 5.74) is 3.93. The lowest BCUT2D eigenvalue weighted by Gasteiger charge is -2.13. The Hall–Kier alpha value is -2.41. The highest BCUT2D eigenvalue weighted by Crippen LogP contribution is 2.15. The molecule has 2 heterocycles. The molecule has 0 aliphatic carbocycles. The monoisotopic (exact) mass is 331 g/mol. The Labute approximate surface area is 142 Å². The summed E-state index contributed by atoms with van der Waals surface area (Å²) in [4.78, 5) is 15.9. The van der Waals surface area contributed by atoms with Crippen LogP contribution in [0.25, 0.3) is 0 Å². The molecule has 7 nitrogen and oxygen atoms in total. The van der Waals surface area contributed by atoms with Gasteiger partial charge >= 0.3 is 6.03 Å². The van der Waals surface area contributed by atoms with E-state index >= 15 is 0 Å². The Bertz CT molecular complexity index is 669. The number of carbonyl (C=O) groups excluding carboxylic acids is 1. The Morgan fingerprint density at radius 3 is 2.58 bits per heavy atom. The number of amides is 2. The molecule has 130 valence electrons. The molecule has 0 aliphatic rings. The highest BCUT2D eigenvalue weighted by molar-refractivity contribution is 5.73. The Morgan fingerprint density at radius 2 is 1.96 bits per heavy atom. The summed E-state index contributed by atoms with van der Waals surface area (Å²) in [6.45, 7) is 4.70. The quantitative estimate of drug-likeness (QED) is 0.716. The number of aromatic nitrogens is 3. The number of rotatable bonds is 7. The zero-order chi connectivity index (χ0) is 17.5. The predicted octanol–water partition coefficient (Wildman–Crippen LogP) is 1.47. The lowest BCUT2D eigenvalue weighted by Crippen LogP contribution is -2.37. The fourth-order valence-corrected chi connectivity index (χ4v) is 2.72. The zero-order valence-electron chi connectivity index (χ0n) is 14.4. The molecule has 0 fully saturated rings. The lowest BCUT2D eigenvalue weighted by atomic mass is 10.1. The van der Waals surface area contributed by atoms with Gasteiger partial charge < -0.3 is 15.7 Å². The first-order valence-corrected chi connectivity index (χ1v) is 8.20. The fraction of sp³-hybridized carbons (Fsp3) is 0.471. The smallest absolute Gasteiger partial charge is 0.315 e. The van der Waals surface area contributed by atoms with E-state index < -0.39 is 6.10 Å². The summed E-state index contributed by atoms with van der Waals surface area (Å²) in [5, 5.41) is 20.1. The van der Waals surface area contributed by atoms with Gasteiger partial charge in [-0.2, -0.15) is 5.10 Å². The summed E-state index contributed by atoms with van der Waals surface area (Å²) in [5.74, 6) is 0. The van der Waals surface area contributed by atoms with Crippen LogP contribution in [0, 0.1) is 0 Å². The normalized spacial score (nSPS) is 12.0. The molecular formula is C17H25N5O2. The van der Waals surface area contributed by atoms with E-state index in [0.29, 0.717) is 6.54 Å². The van der Waals surface area contributed by atoms with E-state index in [1.807, 2.05) is 11.7 Å². The third kappa shape index (κ3) is 4.32. The molecule has 7 heteroatoms. The molecule has 1 unspecified atom stereocenters. The van der Waals surface area contributed by atoms with Crippen molar-refractivity contribution in [3.8, 4) is 0 Å². The standard InChI is InChI=1S/C17H25N5O2/c1-4-14-13(15(5-2)22(3)21-14)10-19-17(24)20-11-16(23)12-6-8-18-9-7-12/h6-9,16,23H,4-5,10-11H2,1-3H3,(H2,19,20,24). The van der Waals surface area contributed by atoms with Crippen molar-refractivity contribution in [3.05, 3.63) is 47.0 Å². The third-order valence-electron chi connectivity index (χ3n) is 4.00. The van der Waals surface area contributed by atoms with Gasteiger partial charge in [0.05, 0.1) is 11.8 Å². The van der Waals surface area contributed by atoms with Crippen molar-refractivity contribution >= 4 is 6.03 Å². The van der Waals surface area contributed by atoms with Gasteiger partial charge in [-0.15, -0.1) is 0 Å². The highest BCUT2D eigenvalue weighted by Gasteiger charge is 2.15. The molecule has 0 bridgehead atoms. The molecule has 0 saturated carbocycles. The van der Waals surface area contributed by atoms with Crippen molar-refractivity contribution in [2.45, 2.75) is 39.3 Å². The van der Waals surface area contributed by atoms with Crippen molar-refractivity contribution in [1.29, 1.82) is 0 Å². The van der Waals surface area contributed by atoms with Gasteiger partial charge in [0.15, 0.2) is 0 Å². The molecule has 1 atom stereocenters. The van der Waals surface area contributed by atoms with Gasteiger partial charge in [0, 0.05) is 43.8 Å². The molecule has 0 aliphatic heterocycles. The van der Waals surface area contributed by atoms with E-state index in [4.69, 9.17) is 0 Å². The van der Waals surface area contributed by atoms with Gasteiger partial charge in [0.1, 0.15) is 0 Å². The number of hydrogen-bond acceptors (Lipinski definition) is 4. The predicted molar refractivity (Wildman–Crippen MR) is 91.4 cm³/mol. The summed E-state index contributed by atoms with van der Waals surface area (Å²) in [6.07, 6.45) is 4.16. The average Bonchev–Trinajstić information content (AvgIpc) is 2.93. The second-order valence-electron chi connectivity index (χ2n) is 5.56. The molecule has 3 N–H and O–H groups in total. The van der Waals surface area contributed by atoms with E-state index in [1.54, 1.807) is 24.5 Å². The minimum Gasteiger partial charge on any atom is -0.387 e. The molecule has 2 aromatic heterocycles. The van der Waals surface area contributed by atoms with Crippen molar-refractivity contribution in [2.75, 3.05) is 6.54 Å². The average molecular weight is 331 g/mol. The van der Waals surface area contributed by atoms with Crippen molar-refractivity contribution in [2.24, 2.45) is 7.05 Å². The molecule has 0 radical (unpaired) electrons. The van der Waals surface area contributed by atoms with Gasteiger partial charge in [0.25, 0.3) is 0 Å². The number of carbonyl (C=O) groups is 1. The van der Waals surface area contributed by atoms with Gasteiger partial charge in [0.2, 0.25) is 0 Å². The number of aliphatic hydroxyl groups is 1. The van der Waals surface area contributed by atoms with Crippen LogP contribution >= 0.6 is 0 Å². The summed E-state index contributed by atoms with van der Waals surface area (Å²) in [6, 6.07) is 3.14. The number of urea groups is 1. The fourth-order valence-electron chi connectivity index (χ4n) is 2.72. The van der Waals surface area contributed by atoms with Crippen LogP contribution in [0.1, 0.15) is 42.5 Å². The van der Waals surface area contributed by atoms with Crippen LogP contribution in [0.3, 0.4) is 0 Å². The number of nitrogens with one attached hydrogen (secondary N) is 2. The molecule has 2 aromatic rings. The maximum absolute atomic E-state index is 12.0. The van der Waals surface area contributed by atoms with Gasteiger partial charge in [-0.05, 0) is 30.5 Å². The maximum atomic E-state index is 12.0. The SMILES string of the molecule is CCc1nn(C)c(CC)c1CNC(=O)NCC(O)c1ccncc1. The highest BCUT2D eigenvalue weighted by atomic mass is 16.3. The minimum atomic E-state index is -0.755. The first-order chi connectivity index (χ1) is 11.6. The zero-order valence-corrected chi connectivity index (χ0v) is 14.4. The van der Waals surface area contributed by atoms with Crippen LogP contribution in [-0.4, -0.2) is 32.4 Å². The van der Waals surface area contributed by atoms with Crippen LogP contribution in [0.5, 0.6) is 0 Å². The van der Waals surface area contributed by atoms with Crippen molar-refractivity contribution < 1.29 is 9.90 Å². The number of aryl methyl sites for hydroxylation is 2. The van der Waals surface area contributed by atoms with Crippen molar-refractivity contribution in [1.82, 2.24) is 25.4 Å². The molecule has 0 spiro atoms. The summed E-state index contributed by atoms with van der Waals surface area (Å²) >= 11 is 0. The summed E-state index contributed by atoms with van der Waals surface area (Å²) in [7, 11) is 1.92. The van der Waals surface area contributed by atoms with Crippen LogP contribution in [-0.2, 0) is 26.4 Å². The molecule has 2 rings (SSSR count). The molecule has 0 saturated heterocycles. The third-order valence-corrected chi connectivity index (χ3v) is 4.00. The maximum Gasteiger partial charge on any atom is 0.315 e. The van der Waals surface area contributed by atoms with E-state index in [0.717, 1.165) is 35.4 Å². The number of pyridine rings is 1. The van der Waals surface area contributed by atoms with Crippen LogP contribution in [0.4, 0.5) is 4.79 Å². The molecular weight excluding hydrogens is 306 g/mol. The largest absolute Gasteiger partial charge is 0.387 e. The Morgan fingerprint density at radius 1 is 1.25 bits per heavy atom. The number of nitrogens with zero attached hydrogens (tertiary/aromatic N) is 3. The van der Waals surface area contributed by atoms with Crippen molar-refractivity contribution in [3.63, 3.8) is 0 Å². The first kappa shape index (κ1) is 17.9. The second kappa shape index (κ2) is 8.44. The molecule has 2 amide bonds. The second-order valence-corrected chi connectivity index (χ2v) is 5.56. The topological polar surface area (TPSA) is 92.1 Å². The Balaban J connectivity index is 1.88. The van der Waals surface area contributed by atoms with Gasteiger partial charge in [-0.1, -0.05) is 13.8 Å². The van der Waals surface area contributed by atoms with Crippen LogP contribution < -0.4 is 10.6 Å². The first-order valence-electron chi connectivity index (χ1n) is 8.20. The lowest BCUT2D eigenvalue weighted by molar-refractivity contribution is 0.173. The number of aliphatic hydroxyl groups excluding tert-OH is 1. The summed E-state index contributed by atoms with van der Waals surface area (Å²) < 4.78 is 1.88. The van der Waals surface area contributed by atoms with Crippen LogP contribution in [0.2, 0.25) is 0 Å². The van der Waals surface area contributed by atoms with Crippen LogP contribution in [0.15, 0.2) is 24.5 Å². The van der Waals surface area contributed by atoms with Gasteiger partial charge in [-0.25, -0.2) is 4.79 Å². The number of hydrogen-bond donors (Lipinski definition) is 3. The Kier molecular flexibility index (Phi) is 6.31. The van der Waals surface area contributed by atoms with Gasteiger partial charge in [-0.3, -0.25) is 9.67 Å². The van der Waals surface area contributed by atoms with E-state index in [-0.39, 0.29) is 12.6 Å².